The van der Waals surface area contributed by atoms with Gasteiger partial charge in [-0.1, -0.05) is 17.7 Å². The number of amides is 1. The molecular formula is C15H19NO4. The second-order valence-corrected chi connectivity index (χ2v) is 4.54. The molecule has 0 aliphatic heterocycles. The maximum atomic E-state index is 12.2. The SMILES string of the molecule is CCOC(=O)C(=O)C(C)C(=O)N(C)c1ccc(C)cc1. The maximum Gasteiger partial charge on any atom is 0.375 e. The second-order valence-electron chi connectivity index (χ2n) is 4.54. The van der Waals surface area contributed by atoms with Crippen molar-refractivity contribution in [2.24, 2.45) is 5.92 Å². The van der Waals surface area contributed by atoms with Gasteiger partial charge in [0.15, 0.2) is 0 Å². The van der Waals surface area contributed by atoms with E-state index in [0.29, 0.717) is 5.69 Å². The molecule has 5 nitrogen and oxygen atoms in total. The summed E-state index contributed by atoms with van der Waals surface area (Å²) in [5.41, 5.74) is 1.74. The Labute approximate surface area is 118 Å². The van der Waals surface area contributed by atoms with Crippen LogP contribution in [0.5, 0.6) is 0 Å². The zero-order chi connectivity index (χ0) is 15.3. The normalized spacial score (nSPS) is 11.6. The lowest BCUT2D eigenvalue weighted by Crippen LogP contribution is -2.38. The third-order valence-corrected chi connectivity index (χ3v) is 2.99. The number of carbonyl (C=O) groups excluding carboxylic acids is 3. The number of ether oxygens (including phenoxy) is 1. The molecule has 0 bridgehead atoms. The van der Waals surface area contributed by atoms with Gasteiger partial charge < -0.3 is 9.64 Å². The van der Waals surface area contributed by atoms with Gasteiger partial charge in [0.05, 0.1) is 6.61 Å². The molecule has 1 rings (SSSR count). The van der Waals surface area contributed by atoms with Crippen LogP contribution in [0.15, 0.2) is 24.3 Å². The summed E-state index contributed by atoms with van der Waals surface area (Å²) in [5, 5.41) is 0. The average molecular weight is 277 g/mol. The summed E-state index contributed by atoms with van der Waals surface area (Å²) in [4.78, 5) is 36.6. The van der Waals surface area contributed by atoms with Crippen molar-refractivity contribution in [3.63, 3.8) is 0 Å². The van der Waals surface area contributed by atoms with E-state index in [-0.39, 0.29) is 6.61 Å². The molecule has 0 N–H and O–H groups in total. The summed E-state index contributed by atoms with van der Waals surface area (Å²) >= 11 is 0. The quantitative estimate of drug-likeness (QED) is 0.467. The number of nitrogens with zero attached hydrogens (tertiary/aromatic N) is 1. The summed E-state index contributed by atoms with van der Waals surface area (Å²) < 4.78 is 4.62. The molecule has 0 spiro atoms. The lowest BCUT2D eigenvalue weighted by Gasteiger charge is -2.20. The van der Waals surface area contributed by atoms with Gasteiger partial charge in [-0.25, -0.2) is 4.79 Å². The van der Waals surface area contributed by atoms with E-state index in [1.54, 1.807) is 26.1 Å². The van der Waals surface area contributed by atoms with Crippen molar-refractivity contribution in [1.29, 1.82) is 0 Å². The van der Waals surface area contributed by atoms with Gasteiger partial charge in [-0.05, 0) is 32.9 Å². The van der Waals surface area contributed by atoms with Gasteiger partial charge in [-0.15, -0.1) is 0 Å². The Morgan fingerprint density at radius 2 is 1.75 bits per heavy atom. The number of esters is 1. The van der Waals surface area contributed by atoms with E-state index >= 15 is 0 Å². The number of ketones is 1. The summed E-state index contributed by atoms with van der Waals surface area (Å²) in [6, 6.07) is 7.32. The van der Waals surface area contributed by atoms with Crippen LogP contribution >= 0.6 is 0 Å². The van der Waals surface area contributed by atoms with E-state index in [4.69, 9.17) is 0 Å². The van der Waals surface area contributed by atoms with Crippen molar-refractivity contribution in [1.82, 2.24) is 0 Å². The number of anilines is 1. The summed E-state index contributed by atoms with van der Waals surface area (Å²) in [5.74, 6) is -3.28. The summed E-state index contributed by atoms with van der Waals surface area (Å²) in [7, 11) is 1.57. The fourth-order valence-electron chi connectivity index (χ4n) is 1.68. The Bertz CT molecular complexity index is 507. The predicted molar refractivity (Wildman–Crippen MR) is 75.4 cm³/mol. The largest absolute Gasteiger partial charge is 0.460 e. The van der Waals surface area contributed by atoms with Crippen LogP contribution in [0, 0.1) is 12.8 Å². The zero-order valence-electron chi connectivity index (χ0n) is 12.2. The van der Waals surface area contributed by atoms with Crippen LogP contribution in [0.25, 0.3) is 0 Å². The first-order valence-electron chi connectivity index (χ1n) is 6.43. The smallest absolute Gasteiger partial charge is 0.375 e. The molecule has 0 aromatic heterocycles. The van der Waals surface area contributed by atoms with Crippen molar-refractivity contribution in [3.8, 4) is 0 Å². The second kappa shape index (κ2) is 6.84. The van der Waals surface area contributed by atoms with Crippen LogP contribution in [-0.2, 0) is 19.1 Å². The van der Waals surface area contributed by atoms with Crippen molar-refractivity contribution in [2.45, 2.75) is 20.8 Å². The van der Waals surface area contributed by atoms with Crippen molar-refractivity contribution < 1.29 is 19.1 Å². The minimum atomic E-state index is -1.06. The number of Topliss-reactive ketones (excluding diaryl/α,β-unsaturated/α-hetero) is 1. The lowest BCUT2D eigenvalue weighted by molar-refractivity contribution is -0.156. The fourth-order valence-corrected chi connectivity index (χ4v) is 1.68. The van der Waals surface area contributed by atoms with E-state index < -0.39 is 23.6 Å². The van der Waals surface area contributed by atoms with Crippen LogP contribution in [0.3, 0.4) is 0 Å². The molecule has 0 saturated carbocycles. The standard InChI is InChI=1S/C15H19NO4/c1-5-20-15(19)13(17)11(3)14(18)16(4)12-8-6-10(2)7-9-12/h6-9,11H,5H2,1-4H3. The van der Waals surface area contributed by atoms with Gasteiger partial charge in [-0.3, -0.25) is 9.59 Å². The van der Waals surface area contributed by atoms with Gasteiger partial charge in [0.25, 0.3) is 5.78 Å². The van der Waals surface area contributed by atoms with E-state index in [9.17, 15) is 14.4 Å². The predicted octanol–water partition coefficient (Wildman–Crippen LogP) is 1.73. The highest BCUT2D eigenvalue weighted by Crippen LogP contribution is 2.16. The monoisotopic (exact) mass is 277 g/mol. The molecule has 1 atom stereocenters. The van der Waals surface area contributed by atoms with Crippen LogP contribution in [-0.4, -0.2) is 31.3 Å². The van der Waals surface area contributed by atoms with Crippen LogP contribution in [0.1, 0.15) is 19.4 Å². The Hall–Kier alpha value is -2.17. The van der Waals surface area contributed by atoms with Crippen LogP contribution in [0.2, 0.25) is 0 Å². The molecule has 108 valence electrons. The number of hydrogen-bond acceptors (Lipinski definition) is 4. The summed E-state index contributed by atoms with van der Waals surface area (Å²) in [6.07, 6.45) is 0. The first-order valence-corrected chi connectivity index (χ1v) is 6.43. The number of benzene rings is 1. The Balaban J connectivity index is 2.80. The van der Waals surface area contributed by atoms with E-state index in [1.807, 2.05) is 19.1 Å². The van der Waals surface area contributed by atoms with E-state index in [0.717, 1.165) is 5.56 Å². The van der Waals surface area contributed by atoms with Crippen molar-refractivity contribution in [2.75, 3.05) is 18.6 Å². The Kier molecular flexibility index (Phi) is 5.43. The molecule has 0 heterocycles. The van der Waals surface area contributed by atoms with Gasteiger partial charge in [-0.2, -0.15) is 0 Å². The number of rotatable bonds is 5. The number of hydrogen-bond donors (Lipinski definition) is 0. The first kappa shape index (κ1) is 15.9. The molecule has 1 aromatic carbocycles. The number of aryl methyl sites for hydroxylation is 1. The zero-order valence-corrected chi connectivity index (χ0v) is 12.2. The molecule has 5 heteroatoms. The molecule has 20 heavy (non-hydrogen) atoms. The molecule has 0 saturated heterocycles. The van der Waals surface area contributed by atoms with E-state index in [1.165, 1.54) is 11.8 Å². The molecule has 1 amide bonds. The highest BCUT2D eigenvalue weighted by molar-refractivity contribution is 6.38. The van der Waals surface area contributed by atoms with Gasteiger partial charge >= 0.3 is 5.97 Å². The molecule has 0 aliphatic carbocycles. The van der Waals surface area contributed by atoms with Crippen LogP contribution < -0.4 is 4.90 Å². The van der Waals surface area contributed by atoms with Crippen LogP contribution in [0.4, 0.5) is 5.69 Å². The minimum Gasteiger partial charge on any atom is -0.460 e. The molecule has 0 radical (unpaired) electrons. The first-order chi connectivity index (χ1) is 9.38. The van der Waals surface area contributed by atoms with Crippen molar-refractivity contribution in [3.05, 3.63) is 29.8 Å². The highest BCUT2D eigenvalue weighted by atomic mass is 16.5. The maximum absolute atomic E-state index is 12.2. The highest BCUT2D eigenvalue weighted by Gasteiger charge is 2.31. The van der Waals surface area contributed by atoms with Gasteiger partial charge in [0, 0.05) is 12.7 Å². The third kappa shape index (κ3) is 3.66. The molecule has 1 unspecified atom stereocenters. The van der Waals surface area contributed by atoms with Crippen molar-refractivity contribution >= 4 is 23.3 Å². The molecule has 1 aromatic rings. The minimum absolute atomic E-state index is 0.110. The fraction of sp³-hybridized carbons (Fsp3) is 0.400. The van der Waals surface area contributed by atoms with Gasteiger partial charge in [0.2, 0.25) is 5.91 Å². The number of carbonyl (C=O) groups is 3. The molecular weight excluding hydrogens is 258 g/mol. The summed E-state index contributed by atoms with van der Waals surface area (Å²) in [6.45, 7) is 5.07. The molecule has 0 fully saturated rings. The third-order valence-electron chi connectivity index (χ3n) is 2.99. The Morgan fingerprint density at radius 1 is 1.20 bits per heavy atom. The lowest BCUT2D eigenvalue weighted by atomic mass is 10.0. The average Bonchev–Trinajstić information content (AvgIpc) is 2.45. The molecule has 0 aliphatic rings. The van der Waals surface area contributed by atoms with Gasteiger partial charge in [0.1, 0.15) is 5.92 Å². The Morgan fingerprint density at radius 3 is 2.25 bits per heavy atom. The topological polar surface area (TPSA) is 63.7 Å². The van der Waals surface area contributed by atoms with E-state index in [2.05, 4.69) is 4.74 Å².